The second-order valence-corrected chi connectivity index (χ2v) is 8.37. The minimum atomic E-state index is -3.86. The minimum absolute atomic E-state index is 0.0491. The van der Waals surface area contributed by atoms with Crippen LogP contribution in [-0.2, 0) is 14.8 Å². The fourth-order valence-corrected chi connectivity index (χ4v) is 4.98. The summed E-state index contributed by atoms with van der Waals surface area (Å²) in [5, 5.41) is 9.42. The van der Waals surface area contributed by atoms with Crippen molar-refractivity contribution in [2.45, 2.75) is 37.1 Å². The van der Waals surface area contributed by atoms with Crippen molar-refractivity contribution >= 4 is 43.5 Å². The molecule has 5 nitrogen and oxygen atoms in total. The Hall–Kier alpha value is -0.630. The number of benzene rings is 1. The van der Waals surface area contributed by atoms with Crippen LogP contribution < -0.4 is 4.72 Å². The maximum absolute atomic E-state index is 12.4. The molecule has 8 heteroatoms. The van der Waals surface area contributed by atoms with Crippen LogP contribution in [0.2, 0.25) is 5.02 Å². The van der Waals surface area contributed by atoms with Gasteiger partial charge in [0.1, 0.15) is 4.90 Å². The van der Waals surface area contributed by atoms with Crippen molar-refractivity contribution in [3.63, 3.8) is 0 Å². The first-order valence-electron chi connectivity index (χ1n) is 6.37. The molecule has 1 saturated carbocycles. The first kappa shape index (κ1) is 16.7. The molecule has 0 aliphatic heterocycles. The van der Waals surface area contributed by atoms with Gasteiger partial charge in [-0.05, 0) is 38.0 Å². The first-order valence-corrected chi connectivity index (χ1v) is 9.03. The molecule has 0 bridgehead atoms. The Labute approximate surface area is 136 Å². The van der Waals surface area contributed by atoms with Gasteiger partial charge in [0.05, 0.1) is 10.4 Å². The molecule has 2 N–H and O–H groups in total. The molecule has 0 amide bonds. The second kappa shape index (κ2) is 5.87. The third-order valence-electron chi connectivity index (χ3n) is 3.93. The maximum atomic E-state index is 12.4. The molecule has 0 aromatic heterocycles. The van der Waals surface area contributed by atoms with Gasteiger partial charge in [0, 0.05) is 10.5 Å². The zero-order chi connectivity index (χ0) is 15.8. The van der Waals surface area contributed by atoms with Gasteiger partial charge < -0.3 is 5.11 Å². The molecule has 116 valence electrons. The Morgan fingerprint density at radius 2 is 2.19 bits per heavy atom. The van der Waals surface area contributed by atoms with E-state index in [1.165, 1.54) is 12.1 Å². The van der Waals surface area contributed by atoms with Crippen LogP contribution in [-0.4, -0.2) is 25.5 Å². The third kappa shape index (κ3) is 3.26. The van der Waals surface area contributed by atoms with Crippen molar-refractivity contribution in [1.82, 2.24) is 4.72 Å². The topological polar surface area (TPSA) is 83.5 Å². The number of hydrogen-bond donors (Lipinski definition) is 2. The van der Waals surface area contributed by atoms with Crippen LogP contribution in [0.25, 0.3) is 0 Å². The van der Waals surface area contributed by atoms with Crippen LogP contribution in [0, 0.1) is 5.41 Å². The average Bonchev–Trinajstić information content (AvgIpc) is 2.71. The molecular weight excluding hydrogens is 382 g/mol. The summed E-state index contributed by atoms with van der Waals surface area (Å²) in [7, 11) is -3.86. The lowest BCUT2D eigenvalue weighted by Crippen LogP contribution is -2.46. The van der Waals surface area contributed by atoms with Gasteiger partial charge in [-0.1, -0.05) is 34.0 Å². The standard InChI is InChI=1S/C13H15BrClNO4S/c1-13(12(17)18)6-2-3-11(13)16-21(19,20)10-5-4-8(14)7-9(10)15/h4-5,7,11,16H,2-3,6H2,1H3,(H,17,18). The SMILES string of the molecule is CC1(C(=O)O)CCCC1NS(=O)(=O)c1ccc(Br)cc1Cl. The molecule has 1 fully saturated rings. The number of nitrogens with one attached hydrogen (secondary N) is 1. The molecule has 0 saturated heterocycles. The molecular formula is C13H15BrClNO4S. The predicted octanol–water partition coefficient (Wildman–Crippen LogP) is 3.02. The summed E-state index contributed by atoms with van der Waals surface area (Å²) in [6.45, 7) is 1.57. The van der Waals surface area contributed by atoms with Crippen LogP contribution in [0.5, 0.6) is 0 Å². The van der Waals surface area contributed by atoms with E-state index in [0.29, 0.717) is 23.7 Å². The van der Waals surface area contributed by atoms with Crippen molar-refractivity contribution < 1.29 is 18.3 Å². The van der Waals surface area contributed by atoms with Gasteiger partial charge in [0.25, 0.3) is 0 Å². The van der Waals surface area contributed by atoms with E-state index in [2.05, 4.69) is 20.7 Å². The highest BCUT2D eigenvalue weighted by atomic mass is 79.9. The summed E-state index contributed by atoms with van der Waals surface area (Å²) in [5.41, 5.74) is -1.09. The molecule has 0 heterocycles. The number of hydrogen-bond acceptors (Lipinski definition) is 3. The minimum Gasteiger partial charge on any atom is -0.481 e. The maximum Gasteiger partial charge on any atom is 0.310 e. The van der Waals surface area contributed by atoms with Crippen molar-refractivity contribution in [2.75, 3.05) is 0 Å². The highest BCUT2D eigenvalue weighted by Gasteiger charge is 2.47. The Morgan fingerprint density at radius 1 is 1.52 bits per heavy atom. The second-order valence-electron chi connectivity index (χ2n) is 5.36. The van der Waals surface area contributed by atoms with Gasteiger partial charge in [0.15, 0.2) is 0 Å². The number of sulfonamides is 1. The Kier molecular flexibility index (Phi) is 4.68. The van der Waals surface area contributed by atoms with E-state index in [1.807, 2.05) is 0 Å². The largest absolute Gasteiger partial charge is 0.481 e. The zero-order valence-electron chi connectivity index (χ0n) is 11.3. The lowest BCUT2D eigenvalue weighted by Gasteiger charge is -2.27. The van der Waals surface area contributed by atoms with Crippen molar-refractivity contribution in [3.8, 4) is 0 Å². The van der Waals surface area contributed by atoms with E-state index in [9.17, 15) is 18.3 Å². The molecule has 2 atom stereocenters. The fourth-order valence-electron chi connectivity index (χ4n) is 2.56. The number of carboxylic acids is 1. The van der Waals surface area contributed by atoms with Gasteiger partial charge >= 0.3 is 5.97 Å². The third-order valence-corrected chi connectivity index (χ3v) is 6.38. The fraction of sp³-hybridized carbons (Fsp3) is 0.462. The van der Waals surface area contributed by atoms with Crippen molar-refractivity contribution in [2.24, 2.45) is 5.41 Å². The predicted molar refractivity (Wildman–Crippen MR) is 82.9 cm³/mol. The molecule has 1 aromatic carbocycles. The average molecular weight is 397 g/mol. The first-order chi connectivity index (χ1) is 9.67. The van der Waals surface area contributed by atoms with Gasteiger partial charge in [-0.2, -0.15) is 0 Å². The van der Waals surface area contributed by atoms with Crippen LogP contribution >= 0.6 is 27.5 Å². The van der Waals surface area contributed by atoms with E-state index in [0.717, 1.165) is 0 Å². The van der Waals surface area contributed by atoms with Gasteiger partial charge in [-0.15, -0.1) is 0 Å². The number of halogens is 2. The number of aliphatic carboxylic acids is 1. The zero-order valence-corrected chi connectivity index (χ0v) is 14.4. The summed E-state index contributed by atoms with van der Waals surface area (Å²) in [5.74, 6) is -0.991. The quantitative estimate of drug-likeness (QED) is 0.819. The smallest absolute Gasteiger partial charge is 0.310 e. The molecule has 1 aliphatic rings. The van der Waals surface area contributed by atoms with Gasteiger partial charge in [0.2, 0.25) is 10.0 Å². The van der Waals surface area contributed by atoms with Crippen molar-refractivity contribution in [3.05, 3.63) is 27.7 Å². The molecule has 2 rings (SSSR count). The Bertz CT molecular complexity index is 679. The number of carboxylic acid groups (broad SMARTS) is 1. The molecule has 1 aromatic rings. The number of carbonyl (C=O) groups is 1. The van der Waals surface area contributed by atoms with Crippen LogP contribution in [0.1, 0.15) is 26.2 Å². The van der Waals surface area contributed by atoms with E-state index in [-0.39, 0.29) is 9.92 Å². The lowest BCUT2D eigenvalue weighted by molar-refractivity contribution is -0.148. The molecule has 21 heavy (non-hydrogen) atoms. The summed E-state index contributed by atoms with van der Waals surface area (Å²) in [6, 6.07) is 3.81. The Balaban J connectivity index is 2.31. The van der Waals surface area contributed by atoms with Gasteiger partial charge in [-0.3, -0.25) is 4.79 Å². The molecule has 0 spiro atoms. The summed E-state index contributed by atoms with van der Waals surface area (Å²) in [4.78, 5) is 11.4. The highest BCUT2D eigenvalue weighted by molar-refractivity contribution is 9.10. The highest BCUT2D eigenvalue weighted by Crippen LogP contribution is 2.39. The summed E-state index contributed by atoms with van der Waals surface area (Å²) in [6.07, 6.45) is 1.61. The van der Waals surface area contributed by atoms with Crippen LogP contribution in [0.4, 0.5) is 0 Å². The molecule has 1 aliphatic carbocycles. The van der Waals surface area contributed by atoms with E-state index >= 15 is 0 Å². The molecule has 2 unspecified atom stereocenters. The van der Waals surface area contributed by atoms with Crippen LogP contribution in [0.15, 0.2) is 27.6 Å². The summed E-state index contributed by atoms with van der Waals surface area (Å²) < 4.78 is 28.0. The normalized spacial score (nSPS) is 26.0. The van der Waals surface area contributed by atoms with E-state index < -0.39 is 27.4 Å². The summed E-state index contributed by atoms with van der Waals surface area (Å²) >= 11 is 9.18. The monoisotopic (exact) mass is 395 g/mol. The van der Waals surface area contributed by atoms with Crippen LogP contribution in [0.3, 0.4) is 0 Å². The number of rotatable bonds is 4. The van der Waals surface area contributed by atoms with Crippen molar-refractivity contribution in [1.29, 1.82) is 0 Å². The molecule has 0 radical (unpaired) electrons. The lowest BCUT2D eigenvalue weighted by atomic mass is 9.85. The van der Waals surface area contributed by atoms with Gasteiger partial charge in [-0.25, -0.2) is 13.1 Å². The Morgan fingerprint density at radius 3 is 2.76 bits per heavy atom. The van der Waals surface area contributed by atoms with E-state index in [4.69, 9.17) is 11.6 Å². The van der Waals surface area contributed by atoms with E-state index in [1.54, 1.807) is 13.0 Å².